The van der Waals surface area contributed by atoms with Crippen molar-refractivity contribution in [3.05, 3.63) is 64.1 Å². The van der Waals surface area contributed by atoms with Gasteiger partial charge in [0.15, 0.2) is 0 Å². The second-order valence-electron chi connectivity index (χ2n) is 7.53. The second-order valence-corrected chi connectivity index (χ2v) is 7.94. The number of nitrogens with one attached hydrogen (secondary N) is 1. The molecule has 34 heavy (non-hydrogen) atoms. The molecule has 0 aliphatic rings. The van der Waals surface area contributed by atoms with Gasteiger partial charge >= 0.3 is 5.69 Å². The van der Waals surface area contributed by atoms with Crippen LogP contribution in [-0.4, -0.2) is 63.8 Å². The summed E-state index contributed by atoms with van der Waals surface area (Å²) < 4.78 is 12.8. The van der Waals surface area contributed by atoms with Crippen LogP contribution in [0.15, 0.2) is 48.9 Å². The average Bonchev–Trinajstić information content (AvgIpc) is 3.24. The lowest BCUT2D eigenvalue weighted by Crippen LogP contribution is -2.19. The van der Waals surface area contributed by atoms with Gasteiger partial charge in [0.05, 0.1) is 46.3 Å². The van der Waals surface area contributed by atoms with Crippen LogP contribution in [0.4, 0.5) is 17.3 Å². The normalized spacial score (nSPS) is 11.1. The standard InChI is InChI=1S/C22H22ClN7O4/c1-28(2)8-9-34-20-11-19(33-3)16(10-18(20)30(31)32)26-22-24-13-15(23)21(27-22)14-12-25-29-7-5-4-6-17(14)29/h4-7,10-13H,8-9H2,1-3H3,(H,24,26,27). The van der Waals surface area contributed by atoms with Crippen molar-refractivity contribution in [3.63, 3.8) is 0 Å². The van der Waals surface area contributed by atoms with Crippen molar-refractivity contribution in [2.45, 2.75) is 0 Å². The van der Waals surface area contributed by atoms with Crippen molar-refractivity contribution in [1.29, 1.82) is 0 Å². The van der Waals surface area contributed by atoms with E-state index in [-0.39, 0.29) is 24.0 Å². The number of halogens is 1. The minimum Gasteiger partial charge on any atom is -0.494 e. The minimum absolute atomic E-state index is 0.110. The van der Waals surface area contributed by atoms with E-state index in [0.29, 0.717) is 28.7 Å². The fraction of sp³-hybridized carbons (Fsp3) is 0.227. The first-order valence-corrected chi connectivity index (χ1v) is 10.6. The van der Waals surface area contributed by atoms with E-state index < -0.39 is 4.92 Å². The van der Waals surface area contributed by atoms with Crippen LogP contribution in [0.2, 0.25) is 5.02 Å². The van der Waals surface area contributed by atoms with E-state index in [1.165, 1.54) is 25.4 Å². The number of ether oxygens (including phenoxy) is 2. The summed E-state index contributed by atoms with van der Waals surface area (Å²) in [5.74, 6) is 0.628. The summed E-state index contributed by atoms with van der Waals surface area (Å²) in [6, 6.07) is 8.46. The number of nitro groups is 1. The van der Waals surface area contributed by atoms with E-state index in [4.69, 9.17) is 21.1 Å². The highest BCUT2D eigenvalue weighted by Crippen LogP contribution is 2.39. The molecule has 0 aliphatic carbocycles. The number of likely N-dealkylation sites (N-methyl/N-ethyl adjacent to an activating group) is 1. The number of methoxy groups -OCH3 is 1. The monoisotopic (exact) mass is 483 g/mol. The molecule has 0 fully saturated rings. The number of hydrogen-bond donors (Lipinski definition) is 1. The number of benzene rings is 1. The third kappa shape index (κ3) is 4.85. The van der Waals surface area contributed by atoms with Gasteiger partial charge in [0, 0.05) is 30.4 Å². The van der Waals surface area contributed by atoms with Gasteiger partial charge < -0.3 is 19.7 Å². The highest BCUT2D eigenvalue weighted by atomic mass is 35.5. The summed E-state index contributed by atoms with van der Waals surface area (Å²) in [7, 11) is 5.24. The Hall–Kier alpha value is -3.96. The lowest BCUT2D eigenvalue weighted by atomic mass is 10.2. The van der Waals surface area contributed by atoms with Crippen LogP contribution in [0.25, 0.3) is 16.8 Å². The van der Waals surface area contributed by atoms with Crippen molar-refractivity contribution in [2.75, 3.05) is 39.7 Å². The Morgan fingerprint density at radius 3 is 2.79 bits per heavy atom. The van der Waals surface area contributed by atoms with Crippen LogP contribution in [0.3, 0.4) is 0 Å². The summed E-state index contributed by atoms with van der Waals surface area (Å²) in [6.45, 7) is 0.886. The molecule has 0 atom stereocenters. The van der Waals surface area contributed by atoms with E-state index in [0.717, 1.165) is 11.1 Å². The van der Waals surface area contributed by atoms with Crippen LogP contribution in [0.5, 0.6) is 11.5 Å². The maximum absolute atomic E-state index is 11.7. The van der Waals surface area contributed by atoms with Gasteiger partial charge in [0.1, 0.15) is 12.4 Å². The fourth-order valence-electron chi connectivity index (χ4n) is 3.27. The molecular formula is C22H22ClN7O4. The number of anilines is 2. The van der Waals surface area contributed by atoms with Crippen molar-refractivity contribution in [3.8, 4) is 22.8 Å². The number of nitrogens with zero attached hydrogens (tertiary/aromatic N) is 6. The van der Waals surface area contributed by atoms with Crippen LogP contribution in [0.1, 0.15) is 0 Å². The van der Waals surface area contributed by atoms with Gasteiger partial charge in [-0.2, -0.15) is 5.10 Å². The van der Waals surface area contributed by atoms with Gasteiger partial charge in [0.2, 0.25) is 11.7 Å². The van der Waals surface area contributed by atoms with Gasteiger partial charge in [-0.3, -0.25) is 10.1 Å². The van der Waals surface area contributed by atoms with Crippen molar-refractivity contribution < 1.29 is 14.4 Å². The van der Waals surface area contributed by atoms with Gasteiger partial charge in [-0.05, 0) is 26.2 Å². The summed E-state index contributed by atoms with van der Waals surface area (Å²) in [5, 5.41) is 19.3. The number of hydrogen-bond acceptors (Lipinski definition) is 9. The lowest BCUT2D eigenvalue weighted by molar-refractivity contribution is -0.385. The SMILES string of the molecule is COc1cc(OCCN(C)C)c([N+](=O)[O-])cc1Nc1ncc(Cl)c(-c2cnn3ccccc23)n1. The Labute approximate surface area is 200 Å². The largest absolute Gasteiger partial charge is 0.494 e. The summed E-state index contributed by atoms with van der Waals surface area (Å²) in [5.41, 5.74) is 2.11. The van der Waals surface area contributed by atoms with E-state index in [1.54, 1.807) is 10.7 Å². The highest BCUT2D eigenvalue weighted by Gasteiger charge is 2.22. The fourth-order valence-corrected chi connectivity index (χ4v) is 3.46. The molecule has 1 aromatic carbocycles. The number of nitro benzene ring substituents is 1. The Morgan fingerprint density at radius 1 is 1.24 bits per heavy atom. The molecule has 4 rings (SSSR count). The first kappa shape index (κ1) is 23.2. The molecule has 3 heterocycles. The molecule has 0 radical (unpaired) electrons. The molecule has 176 valence electrons. The van der Waals surface area contributed by atoms with Crippen LogP contribution < -0.4 is 14.8 Å². The smallest absolute Gasteiger partial charge is 0.313 e. The Morgan fingerprint density at radius 2 is 2.06 bits per heavy atom. The molecule has 0 unspecified atom stereocenters. The molecule has 0 amide bonds. The van der Waals surface area contributed by atoms with Crippen molar-refractivity contribution >= 4 is 34.4 Å². The van der Waals surface area contributed by atoms with E-state index in [9.17, 15) is 10.1 Å². The second kappa shape index (κ2) is 9.89. The lowest BCUT2D eigenvalue weighted by Gasteiger charge is -2.15. The Kier molecular flexibility index (Phi) is 6.75. The Bertz CT molecular complexity index is 1340. The molecule has 12 heteroatoms. The van der Waals surface area contributed by atoms with E-state index in [2.05, 4.69) is 20.4 Å². The van der Waals surface area contributed by atoms with Gasteiger partial charge in [-0.25, -0.2) is 14.5 Å². The number of rotatable bonds is 9. The third-order valence-corrected chi connectivity index (χ3v) is 5.22. The summed E-state index contributed by atoms with van der Waals surface area (Å²) in [4.78, 5) is 21.8. The predicted octanol–water partition coefficient (Wildman–Crippen LogP) is 4.05. The zero-order valence-electron chi connectivity index (χ0n) is 18.7. The third-order valence-electron chi connectivity index (χ3n) is 4.95. The van der Waals surface area contributed by atoms with Gasteiger partial charge in [-0.15, -0.1) is 0 Å². The molecule has 0 spiro atoms. The zero-order chi connectivity index (χ0) is 24.2. The quantitative estimate of drug-likeness (QED) is 0.277. The first-order chi connectivity index (χ1) is 16.4. The summed E-state index contributed by atoms with van der Waals surface area (Å²) in [6.07, 6.45) is 4.94. The molecule has 4 aromatic rings. The maximum atomic E-state index is 11.7. The van der Waals surface area contributed by atoms with Crippen LogP contribution >= 0.6 is 11.6 Å². The van der Waals surface area contributed by atoms with Gasteiger partial charge in [0.25, 0.3) is 0 Å². The number of aromatic nitrogens is 4. The molecule has 0 bridgehead atoms. The molecule has 0 saturated heterocycles. The van der Waals surface area contributed by atoms with Crippen molar-refractivity contribution in [1.82, 2.24) is 24.5 Å². The Balaban J connectivity index is 1.69. The van der Waals surface area contributed by atoms with Gasteiger partial charge in [-0.1, -0.05) is 17.7 Å². The molecule has 0 aliphatic heterocycles. The van der Waals surface area contributed by atoms with E-state index >= 15 is 0 Å². The molecule has 3 aromatic heterocycles. The van der Waals surface area contributed by atoms with E-state index in [1.807, 2.05) is 43.4 Å². The van der Waals surface area contributed by atoms with Crippen LogP contribution in [0, 0.1) is 10.1 Å². The zero-order valence-corrected chi connectivity index (χ0v) is 19.5. The first-order valence-electron chi connectivity index (χ1n) is 10.2. The maximum Gasteiger partial charge on any atom is 0.313 e. The molecule has 0 saturated carbocycles. The number of fused-ring (bicyclic) bond motifs is 1. The topological polar surface area (TPSA) is 120 Å². The molecule has 11 nitrogen and oxygen atoms in total. The number of pyridine rings is 1. The highest BCUT2D eigenvalue weighted by molar-refractivity contribution is 6.33. The van der Waals surface area contributed by atoms with Crippen molar-refractivity contribution in [2.24, 2.45) is 0 Å². The average molecular weight is 484 g/mol. The minimum atomic E-state index is -0.511. The summed E-state index contributed by atoms with van der Waals surface area (Å²) >= 11 is 6.38. The molecule has 1 N–H and O–H groups in total. The van der Waals surface area contributed by atoms with Crippen LogP contribution in [-0.2, 0) is 0 Å². The molecular weight excluding hydrogens is 462 g/mol. The predicted molar refractivity (Wildman–Crippen MR) is 128 cm³/mol.